The summed E-state index contributed by atoms with van der Waals surface area (Å²) in [5.74, 6) is 0.928. The molecule has 1 N–H and O–H groups in total. The fourth-order valence-electron chi connectivity index (χ4n) is 3.10. The average molecular weight is 394 g/mol. The van der Waals surface area contributed by atoms with Crippen LogP contribution in [0.3, 0.4) is 0 Å². The molecule has 8 nitrogen and oxygen atoms in total. The lowest BCUT2D eigenvalue weighted by atomic mass is 10.2. The van der Waals surface area contributed by atoms with E-state index in [2.05, 4.69) is 46.4 Å². The van der Waals surface area contributed by atoms with Crippen LogP contribution in [-0.4, -0.2) is 45.8 Å². The van der Waals surface area contributed by atoms with E-state index in [4.69, 9.17) is 4.74 Å². The van der Waals surface area contributed by atoms with Crippen LogP contribution >= 0.6 is 0 Å². The molecule has 0 fully saturated rings. The number of hydrogen-bond acceptors (Lipinski definition) is 6. The van der Waals surface area contributed by atoms with Gasteiger partial charge in [0.1, 0.15) is 12.3 Å². The van der Waals surface area contributed by atoms with Crippen molar-refractivity contribution in [2.45, 2.75) is 33.4 Å². The van der Waals surface area contributed by atoms with Crippen molar-refractivity contribution in [3.8, 4) is 17.1 Å². The summed E-state index contributed by atoms with van der Waals surface area (Å²) in [5.41, 5.74) is 2.63. The van der Waals surface area contributed by atoms with E-state index in [1.54, 1.807) is 7.11 Å². The Morgan fingerprint density at radius 1 is 1.21 bits per heavy atom. The van der Waals surface area contributed by atoms with Crippen LogP contribution < -0.4 is 15.0 Å². The molecule has 1 amide bonds. The Hall–Kier alpha value is -3.42. The van der Waals surface area contributed by atoms with Crippen molar-refractivity contribution in [3.63, 3.8) is 0 Å². The number of methoxy groups -OCH3 is 1. The Kier molecular flexibility index (Phi) is 6.43. The van der Waals surface area contributed by atoms with Gasteiger partial charge in [-0.2, -0.15) is 4.80 Å². The first-order valence-corrected chi connectivity index (χ1v) is 9.59. The van der Waals surface area contributed by atoms with E-state index >= 15 is 0 Å². The number of nitrogens with one attached hydrogen (secondary N) is 1. The van der Waals surface area contributed by atoms with Gasteiger partial charge in [0.05, 0.1) is 7.11 Å². The van der Waals surface area contributed by atoms with E-state index in [0.29, 0.717) is 17.6 Å². The molecular weight excluding hydrogens is 368 g/mol. The van der Waals surface area contributed by atoms with E-state index in [1.807, 2.05) is 48.5 Å². The molecule has 8 heteroatoms. The SMILES string of the molecule is CCN(c1ccc(NC(=O)Cn2nnc(-c3cccc(OC)c3)n2)cc1)C(C)C. The third-order valence-corrected chi connectivity index (χ3v) is 4.51. The lowest BCUT2D eigenvalue weighted by molar-refractivity contribution is -0.117. The number of nitrogens with zero attached hydrogens (tertiary/aromatic N) is 5. The minimum absolute atomic E-state index is 0.0220. The smallest absolute Gasteiger partial charge is 0.248 e. The number of ether oxygens (including phenoxy) is 1. The quantitative estimate of drug-likeness (QED) is 0.631. The zero-order valence-electron chi connectivity index (χ0n) is 17.2. The van der Waals surface area contributed by atoms with E-state index < -0.39 is 0 Å². The highest BCUT2D eigenvalue weighted by atomic mass is 16.5. The Bertz CT molecular complexity index is 952. The fraction of sp³-hybridized carbons (Fsp3) is 0.333. The van der Waals surface area contributed by atoms with Crippen molar-refractivity contribution in [2.75, 3.05) is 23.9 Å². The van der Waals surface area contributed by atoms with E-state index in [0.717, 1.165) is 23.5 Å². The molecule has 152 valence electrons. The maximum absolute atomic E-state index is 12.3. The van der Waals surface area contributed by atoms with Gasteiger partial charge in [-0.15, -0.1) is 10.2 Å². The maximum atomic E-state index is 12.3. The number of amides is 1. The minimum Gasteiger partial charge on any atom is -0.497 e. The zero-order chi connectivity index (χ0) is 20.8. The largest absolute Gasteiger partial charge is 0.497 e. The molecule has 0 radical (unpaired) electrons. The van der Waals surface area contributed by atoms with Crippen LogP contribution in [0.5, 0.6) is 5.75 Å². The van der Waals surface area contributed by atoms with Crippen LogP contribution in [0, 0.1) is 0 Å². The molecule has 0 spiro atoms. The summed E-state index contributed by atoms with van der Waals surface area (Å²) in [7, 11) is 1.60. The predicted octanol–water partition coefficient (Wildman–Crippen LogP) is 3.22. The lowest BCUT2D eigenvalue weighted by Crippen LogP contribution is -2.30. The van der Waals surface area contributed by atoms with Crippen LogP contribution in [0.4, 0.5) is 11.4 Å². The van der Waals surface area contributed by atoms with Gasteiger partial charge >= 0.3 is 0 Å². The molecule has 0 aliphatic heterocycles. The first-order valence-electron chi connectivity index (χ1n) is 9.59. The molecule has 2 aromatic carbocycles. The number of anilines is 2. The Labute approximate surface area is 170 Å². The van der Waals surface area contributed by atoms with Gasteiger partial charge in [-0.1, -0.05) is 12.1 Å². The fourth-order valence-corrected chi connectivity index (χ4v) is 3.10. The highest BCUT2D eigenvalue weighted by Gasteiger charge is 2.11. The van der Waals surface area contributed by atoms with Crippen molar-refractivity contribution in [1.29, 1.82) is 0 Å². The third kappa shape index (κ3) is 5.10. The molecule has 0 aliphatic rings. The molecule has 0 saturated heterocycles. The molecule has 0 atom stereocenters. The zero-order valence-corrected chi connectivity index (χ0v) is 17.2. The molecule has 1 aromatic heterocycles. The van der Waals surface area contributed by atoms with Crippen LogP contribution in [0.1, 0.15) is 20.8 Å². The van der Waals surface area contributed by atoms with Gasteiger partial charge in [0.25, 0.3) is 0 Å². The molecule has 29 heavy (non-hydrogen) atoms. The number of carbonyl (C=O) groups is 1. The first kappa shape index (κ1) is 20.3. The minimum atomic E-state index is -0.219. The number of rotatable bonds is 8. The second kappa shape index (κ2) is 9.18. The topological polar surface area (TPSA) is 85.2 Å². The molecule has 1 heterocycles. The van der Waals surface area contributed by atoms with Crippen molar-refractivity contribution in [3.05, 3.63) is 48.5 Å². The van der Waals surface area contributed by atoms with Gasteiger partial charge in [0, 0.05) is 29.5 Å². The standard InChI is InChI=1S/C21H26N6O2/c1-5-26(15(2)3)18-11-9-17(10-12-18)22-20(28)14-27-24-21(23-25-27)16-7-6-8-19(13-16)29-4/h6-13,15H,5,14H2,1-4H3,(H,22,28). The van der Waals surface area contributed by atoms with Crippen LogP contribution in [0.2, 0.25) is 0 Å². The summed E-state index contributed by atoms with van der Waals surface area (Å²) in [6, 6.07) is 15.6. The summed E-state index contributed by atoms with van der Waals surface area (Å²) in [6.45, 7) is 7.34. The number of benzene rings is 2. The summed E-state index contributed by atoms with van der Waals surface area (Å²) in [6.07, 6.45) is 0. The Morgan fingerprint density at radius 3 is 2.62 bits per heavy atom. The molecule has 3 aromatic rings. The van der Waals surface area contributed by atoms with E-state index in [-0.39, 0.29) is 12.5 Å². The summed E-state index contributed by atoms with van der Waals surface area (Å²) < 4.78 is 5.21. The monoisotopic (exact) mass is 394 g/mol. The summed E-state index contributed by atoms with van der Waals surface area (Å²) >= 11 is 0. The molecule has 3 rings (SSSR count). The van der Waals surface area contributed by atoms with Gasteiger partial charge in [-0.05, 0) is 62.4 Å². The average Bonchev–Trinajstić information content (AvgIpc) is 3.18. The number of tetrazole rings is 1. The van der Waals surface area contributed by atoms with Crippen LogP contribution in [-0.2, 0) is 11.3 Å². The molecule has 0 aliphatic carbocycles. The number of aromatic nitrogens is 4. The van der Waals surface area contributed by atoms with E-state index in [9.17, 15) is 4.79 Å². The summed E-state index contributed by atoms with van der Waals surface area (Å²) in [4.78, 5) is 15.9. The Morgan fingerprint density at radius 2 is 1.97 bits per heavy atom. The first-order chi connectivity index (χ1) is 14.0. The lowest BCUT2D eigenvalue weighted by Gasteiger charge is -2.27. The van der Waals surface area contributed by atoms with E-state index in [1.165, 1.54) is 4.80 Å². The van der Waals surface area contributed by atoms with Gasteiger partial charge in [0.2, 0.25) is 11.7 Å². The van der Waals surface area contributed by atoms with Gasteiger partial charge < -0.3 is 15.0 Å². The predicted molar refractivity (Wildman–Crippen MR) is 113 cm³/mol. The van der Waals surface area contributed by atoms with Crippen molar-refractivity contribution >= 4 is 17.3 Å². The van der Waals surface area contributed by atoms with Crippen molar-refractivity contribution in [2.24, 2.45) is 0 Å². The van der Waals surface area contributed by atoms with Crippen LogP contribution in [0.15, 0.2) is 48.5 Å². The van der Waals surface area contributed by atoms with Gasteiger partial charge in [0.15, 0.2) is 0 Å². The van der Waals surface area contributed by atoms with Crippen molar-refractivity contribution in [1.82, 2.24) is 20.2 Å². The van der Waals surface area contributed by atoms with Gasteiger partial charge in [-0.3, -0.25) is 4.79 Å². The van der Waals surface area contributed by atoms with Gasteiger partial charge in [-0.25, -0.2) is 0 Å². The third-order valence-electron chi connectivity index (χ3n) is 4.51. The second-order valence-electron chi connectivity index (χ2n) is 6.85. The maximum Gasteiger partial charge on any atom is 0.248 e. The highest BCUT2D eigenvalue weighted by molar-refractivity contribution is 5.90. The van der Waals surface area contributed by atoms with Crippen LogP contribution in [0.25, 0.3) is 11.4 Å². The molecular formula is C21H26N6O2. The highest BCUT2D eigenvalue weighted by Crippen LogP contribution is 2.21. The molecule has 0 saturated carbocycles. The second-order valence-corrected chi connectivity index (χ2v) is 6.85. The molecule has 0 unspecified atom stereocenters. The molecule has 0 bridgehead atoms. The number of hydrogen-bond donors (Lipinski definition) is 1. The van der Waals surface area contributed by atoms with Crippen molar-refractivity contribution < 1.29 is 9.53 Å². The summed E-state index contributed by atoms with van der Waals surface area (Å²) in [5, 5.41) is 15.1. The Balaban J connectivity index is 1.62. The normalized spacial score (nSPS) is 10.8. The number of carbonyl (C=O) groups excluding carboxylic acids is 1.